The van der Waals surface area contributed by atoms with Crippen LogP contribution >= 0.6 is 24.0 Å². The van der Waals surface area contributed by atoms with Crippen molar-refractivity contribution in [2.75, 3.05) is 25.4 Å². The molecule has 1 fully saturated rings. The molecule has 1 aromatic carbocycles. The van der Waals surface area contributed by atoms with E-state index in [0.29, 0.717) is 25.0 Å². The number of nitrogens with one attached hydrogen (secondary N) is 3. The summed E-state index contributed by atoms with van der Waals surface area (Å²) >= 11 is 0. The monoisotopic (exact) mass is 534 g/mol. The fraction of sp³-hybridized carbons (Fsp3) is 0.550. The van der Waals surface area contributed by atoms with E-state index >= 15 is 0 Å². The summed E-state index contributed by atoms with van der Waals surface area (Å²) in [6.07, 6.45) is 3.45. The van der Waals surface area contributed by atoms with Gasteiger partial charge < -0.3 is 15.1 Å². The van der Waals surface area contributed by atoms with E-state index in [1.807, 2.05) is 44.2 Å². The molecule has 3 rings (SSSR count). The Morgan fingerprint density at radius 1 is 1.31 bits per heavy atom. The lowest BCUT2D eigenvalue weighted by molar-refractivity contribution is 0.316. The first-order valence-electron chi connectivity index (χ1n) is 9.97. The van der Waals surface area contributed by atoms with Crippen LogP contribution in [0.3, 0.4) is 0 Å². The number of fused-ring (bicyclic) bond motifs is 1. The summed E-state index contributed by atoms with van der Waals surface area (Å²) in [5, 5.41) is 7.49. The number of para-hydroxylation sites is 1. The molecule has 0 amide bonds. The number of aliphatic imine (C=N–C) groups is 1. The molecular weight excluding hydrogens is 503 g/mol. The zero-order valence-corrected chi connectivity index (χ0v) is 20.1. The molecule has 1 aromatic heterocycles. The largest absolute Gasteiger partial charge is 0.459 e. The molecule has 0 radical (unpaired) electrons. The summed E-state index contributed by atoms with van der Waals surface area (Å²) in [6.45, 7) is 5.39. The summed E-state index contributed by atoms with van der Waals surface area (Å²) < 4.78 is 32.8. The van der Waals surface area contributed by atoms with Crippen molar-refractivity contribution < 1.29 is 12.8 Å². The second-order valence-electron chi connectivity index (χ2n) is 7.28. The normalized spacial score (nSPS) is 16.1. The Morgan fingerprint density at radius 2 is 2.07 bits per heavy atom. The Bertz CT molecular complexity index is 876. The molecule has 0 saturated heterocycles. The minimum Gasteiger partial charge on any atom is -0.459 e. The second kappa shape index (κ2) is 11.2. The molecule has 1 heterocycles. The maximum atomic E-state index is 12.1. The molecule has 1 aliphatic rings. The van der Waals surface area contributed by atoms with E-state index in [0.717, 1.165) is 29.6 Å². The molecule has 1 unspecified atom stereocenters. The third-order valence-corrected chi connectivity index (χ3v) is 6.34. The first-order valence-corrected chi connectivity index (χ1v) is 11.6. The average Bonchev–Trinajstić information content (AvgIpc) is 3.04. The van der Waals surface area contributed by atoms with Crippen LogP contribution in [-0.2, 0) is 10.0 Å². The summed E-state index contributed by atoms with van der Waals surface area (Å²) in [4.78, 5) is 4.41. The third kappa shape index (κ3) is 7.14. The predicted octanol–water partition coefficient (Wildman–Crippen LogP) is 3.39. The van der Waals surface area contributed by atoms with E-state index in [1.165, 1.54) is 6.42 Å². The zero-order valence-electron chi connectivity index (χ0n) is 17.0. The molecule has 1 atom stereocenters. The first kappa shape index (κ1) is 23.9. The topological polar surface area (TPSA) is 95.7 Å². The van der Waals surface area contributed by atoms with E-state index in [9.17, 15) is 8.42 Å². The van der Waals surface area contributed by atoms with Gasteiger partial charge in [-0.1, -0.05) is 24.6 Å². The number of nitrogens with zero attached hydrogens (tertiary/aromatic N) is 1. The number of guanidine groups is 1. The highest BCUT2D eigenvalue weighted by molar-refractivity contribution is 14.0. The van der Waals surface area contributed by atoms with Crippen molar-refractivity contribution in [3.8, 4) is 0 Å². The van der Waals surface area contributed by atoms with Gasteiger partial charge in [-0.25, -0.2) is 13.1 Å². The van der Waals surface area contributed by atoms with E-state index < -0.39 is 10.0 Å². The highest BCUT2D eigenvalue weighted by atomic mass is 127. The molecule has 0 spiro atoms. The van der Waals surface area contributed by atoms with E-state index in [-0.39, 0.29) is 42.3 Å². The van der Waals surface area contributed by atoms with Gasteiger partial charge in [-0.3, -0.25) is 4.99 Å². The van der Waals surface area contributed by atoms with Crippen LogP contribution in [0.1, 0.15) is 44.9 Å². The first-order chi connectivity index (χ1) is 13.5. The Hall–Kier alpha value is -1.33. The molecule has 1 saturated carbocycles. The number of furan rings is 1. The molecule has 1 aliphatic carbocycles. The second-order valence-corrected chi connectivity index (χ2v) is 9.20. The lowest BCUT2D eigenvalue weighted by Crippen LogP contribution is -2.39. The smallest absolute Gasteiger partial charge is 0.213 e. The molecule has 29 heavy (non-hydrogen) atoms. The van der Waals surface area contributed by atoms with Crippen LogP contribution in [-0.4, -0.2) is 39.8 Å². The molecular formula is C20H31IN4O3S. The molecule has 162 valence electrons. The van der Waals surface area contributed by atoms with E-state index in [2.05, 4.69) is 20.3 Å². The highest BCUT2D eigenvalue weighted by Gasteiger charge is 2.20. The zero-order chi connectivity index (χ0) is 20.0. The van der Waals surface area contributed by atoms with Gasteiger partial charge in [0.05, 0.1) is 18.3 Å². The summed E-state index contributed by atoms with van der Waals surface area (Å²) in [7, 11) is -3.29. The molecule has 7 nitrogen and oxygen atoms in total. The quantitative estimate of drug-likeness (QED) is 0.261. The lowest BCUT2D eigenvalue weighted by atomic mass is 9.86. The number of halogens is 1. The molecule has 0 aliphatic heterocycles. The molecule has 0 bridgehead atoms. The van der Waals surface area contributed by atoms with Crippen LogP contribution in [0.5, 0.6) is 0 Å². The van der Waals surface area contributed by atoms with Gasteiger partial charge in [-0.15, -0.1) is 24.0 Å². The van der Waals surface area contributed by atoms with Gasteiger partial charge in [0, 0.05) is 18.5 Å². The fourth-order valence-electron chi connectivity index (χ4n) is 3.10. The van der Waals surface area contributed by atoms with Gasteiger partial charge in [0.2, 0.25) is 10.0 Å². The van der Waals surface area contributed by atoms with Crippen LogP contribution in [0.15, 0.2) is 39.7 Å². The van der Waals surface area contributed by atoms with Gasteiger partial charge in [0.15, 0.2) is 5.96 Å². The minimum atomic E-state index is -3.29. The van der Waals surface area contributed by atoms with E-state index in [1.54, 1.807) is 0 Å². The van der Waals surface area contributed by atoms with Crippen LogP contribution in [0.4, 0.5) is 0 Å². The van der Waals surface area contributed by atoms with Crippen molar-refractivity contribution in [3.63, 3.8) is 0 Å². The standard InChI is InChI=1S/C20H30N4O3S.HI/c1-3-21-20(22-11-12-28(25,26)23-14-16-7-6-8-16)24-15(2)19-13-17-9-4-5-10-18(17)27-19;/h4-5,9-10,13,15-16,23H,3,6-8,11-12,14H2,1-2H3,(H2,21,22,24);1H. The van der Waals surface area contributed by atoms with Gasteiger partial charge in [0.25, 0.3) is 0 Å². The number of hydrogen-bond donors (Lipinski definition) is 3. The molecule has 2 aromatic rings. The third-order valence-electron chi connectivity index (χ3n) is 5.02. The van der Waals surface area contributed by atoms with Gasteiger partial charge in [0.1, 0.15) is 11.3 Å². The van der Waals surface area contributed by atoms with Gasteiger partial charge in [-0.2, -0.15) is 0 Å². The van der Waals surface area contributed by atoms with Crippen molar-refractivity contribution in [3.05, 3.63) is 36.1 Å². The Balaban J connectivity index is 0.00000300. The van der Waals surface area contributed by atoms with Crippen molar-refractivity contribution in [1.29, 1.82) is 0 Å². The SMILES string of the molecule is CCNC(=NCCS(=O)(=O)NCC1CCC1)NC(C)c1cc2ccccc2o1.I. The Kier molecular flexibility index (Phi) is 9.22. The average molecular weight is 534 g/mol. The molecule has 9 heteroatoms. The maximum Gasteiger partial charge on any atom is 0.213 e. The lowest BCUT2D eigenvalue weighted by Gasteiger charge is -2.25. The molecule has 3 N–H and O–H groups in total. The predicted molar refractivity (Wildman–Crippen MR) is 128 cm³/mol. The summed E-state index contributed by atoms with van der Waals surface area (Å²) in [5.74, 6) is 1.86. The van der Waals surface area contributed by atoms with Crippen molar-refractivity contribution in [1.82, 2.24) is 15.4 Å². The Morgan fingerprint density at radius 3 is 2.72 bits per heavy atom. The minimum absolute atomic E-state index is 0. The van der Waals surface area contributed by atoms with Crippen molar-refractivity contribution in [2.45, 2.75) is 39.2 Å². The van der Waals surface area contributed by atoms with Crippen LogP contribution in [0.25, 0.3) is 11.0 Å². The van der Waals surface area contributed by atoms with Crippen LogP contribution in [0.2, 0.25) is 0 Å². The number of rotatable bonds is 9. The number of hydrogen-bond acceptors (Lipinski definition) is 4. The van der Waals surface area contributed by atoms with Crippen molar-refractivity contribution in [2.24, 2.45) is 10.9 Å². The maximum absolute atomic E-state index is 12.1. The van der Waals surface area contributed by atoms with Gasteiger partial charge >= 0.3 is 0 Å². The fourth-order valence-corrected chi connectivity index (χ4v) is 4.07. The van der Waals surface area contributed by atoms with Gasteiger partial charge in [-0.05, 0) is 44.7 Å². The van der Waals surface area contributed by atoms with Crippen molar-refractivity contribution >= 4 is 50.9 Å². The van der Waals surface area contributed by atoms with E-state index in [4.69, 9.17) is 4.42 Å². The summed E-state index contributed by atoms with van der Waals surface area (Å²) in [6, 6.07) is 9.77. The Labute approximate surface area is 190 Å². The van der Waals surface area contributed by atoms with Crippen LogP contribution < -0.4 is 15.4 Å². The summed E-state index contributed by atoms with van der Waals surface area (Å²) in [5.41, 5.74) is 0.844. The van der Waals surface area contributed by atoms with Crippen LogP contribution in [0, 0.1) is 5.92 Å². The highest BCUT2D eigenvalue weighted by Crippen LogP contribution is 2.25. The number of benzene rings is 1. The number of sulfonamides is 1.